The summed E-state index contributed by atoms with van der Waals surface area (Å²) in [6.45, 7) is 11.0. The van der Waals surface area contributed by atoms with Crippen LogP contribution in [0.25, 0.3) is 0 Å². The molecule has 114 valence electrons. The first kappa shape index (κ1) is 18.1. The minimum absolute atomic E-state index is 0.266. The SMILES string of the molecule is CCNC(=O)OCCOCCOCCNCC(C)C. The van der Waals surface area contributed by atoms with E-state index >= 15 is 0 Å². The van der Waals surface area contributed by atoms with E-state index < -0.39 is 6.09 Å². The Morgan fingerprint density at radius 3 is 2.32 bits per heavy atom. The minimum atomic E-state index is -0.404. The molecule has 0 aromatic carbocycles. The lowest BCUT2D eigenvalue weighted by molar-refractivity contribution is 0.0289. The van der Waals surface area contributed by atoms with Gasteiger partial charge in [0.25, 0.3) is 0 Å². The fourth-order valence-electron chi connectivity index (χ4n) is 1.25. The van der Waals surface area contributed by atoms with Crippen molar-refractivity contribution in [1.29, 1.82) is 0 Å². The van der Waals surface area contributed by atoms with Crippen molar-refractivity contribution in [2.75, 3.05) is 52.7 Å². The molecule has 6 nitrogen and oxygen atoms in total. The molecule has 0 aliphatic rings. The average molecular weight is 276 g/mol. The van der Waals surface area contributed by atoms with Crippen LogP contribution in [0, 0.1) is 5.92 Å². The Bertz CT molecular complexity index is 213. The van der Waals surface area contributed by atoms with E-state index in [-0.39, 0.29) is 6.61 Å². The van der Waals surface area contributed by atoms with Gasteiger partial charge in [-0.05, 0) is 19.4 Å². The van der Waals surface area contributed by atoms with E-state index in [1.54, 1.807) is 0 Å². The van der Waals surface area contributed by atoms with Crippen LogP contribution >= 0.6 is 0 Å². The number of alkyl carbamates (subject to hydrolysis) is 1. The zero-order valence-electron chi connectivity index (χ0n) is 12.4. The summed E-state index contributed by atoms with van der Waals surface area (Å²) in [5, 5.41) is 5.83. The number of amides is 1. The van der Waals surface area contributed by atoms with E-state index in [1.807, 2.05) is 6.92 Å². The molecule has 0 fully saturated rings. The van der Waals surface area contributed by atoms with Gasteiger partial charge in [-0.15, -0.1) is 0 Å². The molecule has 0 aliphatic heterocycles. The lowest BCUT2D eigenvalue weighted by atomic mass is 10.2. The van der Waals surface area contributed by atoms with Gasteiger partial charge in [-0.1, -0.05) is 13.8 Å². The molecular formula is C13H28N2O4. The average Bonchev–Trinajstić information content (AvgIpc) is 2.36. The third-order valence-corrected chi connectivity index (χ3v) is 2.13. The second kappa shape index (κ2) is 13.6. The number of carbonyl (C=O) groups is 1. The van der Waals surface area contributed by atoms with Gasteiger partial charge in [0, 0.05) is 13.1 Å². The highest BCUT2D eigenvalue weighted by Crippen LogP contribution is 1.86. The van der Waals surface area contributed by atoms with Crippen molar-refractivity contribution in [3.05, 3.63) is 0 Å². The molecule has 0 aromatic rings. The molecule has 0 rings (SSSR count). The molecule has 0 heterocycles. The Balaban J connectivity index is 3.05. The zero-order valence-corrected chi connectivity index (χ0v) is 12.4. The molecule has 1 amide bonds. The predicted octanol–water partition coefficient (Wildman–Crippen LogP) is 1.01. The van der Waals surface area contributed by atoms with Crippen molar-refractivity contribution in [3.8, 4) is 0 Å². The fourth-order valence-corrected chi connectivity index (χ4v) is 1.25. The first-order chi connectivity index (χ1) is 9.16. The smallest absolute Gasteiger partial charge is 0.407 e. The summed E-state index contributed by atoms with van der Waals surface area (Å²) in [7, 11) is 0. The van der Waals surface area contributed by atoms with Gasteiger partial charge in [0.15, 0.2) is 0 Å². The summed E-state index contributed by atoms with van der Waals surface area (Å²) < 4.78 is 15.5. The van der Waals surface area contributed by atoms with Crippen molar-refractivity contribution in [2.45, 2.75) is 20.8 Å². The van der Waals surface area contributed by atoms with E-state index in [2.05, 4.69) is 24.5 Å². The first-order valence-corrected chi connectivity index (χ1v) is 6.93. The lowest BCUT2D eigenvalue weighted by Crippen LogP contribution is -2.25. The topological polar surface area (TPSA) is 68.8 Å². The van der Waals surface area contributed by atoms with Gasteiger partial charge < -0.3 is 24.8 Å². The Hall–Kier alpha value is -0.850. The number of nitrogens with one attached hydrogen (secondary N) is 2. The van der Waals surface area contributed by atoms with Crippen LogP contribution in [0.15, 0.2) is 0 Å². The van der Waals surface area contributed by atoms with Crippen LogP contribution in [0.2, 0.25) is 0 Å². The zero-order chi connectivity index (χ0) is 14.3. The number of hydrogen-bond acceptors (Lipinski definition) is 5. The maximum absolute atomic E-state index is 10.9. The van der Waals surface area contributed by atoms with Crippen LogP contribution in [-0.2, 0) is 14.2 Å². The standard InChI is InChI=1S/C13H28N2O4/c1-4-15-13(16)19-10-9-18-8-7-17-6-5-14-11-12(2)3/h12,14H,4-11H2,1-3H3,(H,15,16). The molecule has 6 heteroatoms. The van der Waals surface area contributed by atoms with E-state index in [1.165, 1.54) is 0 Å². The molecule has 0 spiro atoms. The minimum Gasteiger partial charge on any atom is -0.447 e. The number of carbonyl (C=O) groups excluding carboxylic acids is 1. The molecule has 0 saturated heterocycles. The summed E-state index contributed by atoms with van der Waals surface area (Å²) >= 11 is 0. The number of hydrogen-bond donors (Lipinski definition) is 2. The molecule has 0 radical (unpaired) electrons. The Morgan fingerprint density at radius 1 is 1.05 bits per heavy atom. The molecule has 0 atom stereocenters. The van der Waals surface area contributed by atoms with Crippen LogP contribution in [0.1, 0.15) is 20.8 Å². The van der Waals surface area contributed by atoms with E-state index in [0.29, 0.717) is 38.9 Å². The maximum atomic E-state index is 10.9. The van der Waals surface area contributed by atoms with E-state index in [0.717, 1.165) is 13.1 Å². The maximum Gasteiger partial charge on any atom is 0.407 e. The molecule has 0 unspecified atom stereocenters. The summed E-state index contributed by atoms with van der Waals surface area (Å²) in [5.41, 5.74) is 0. The molecule has 0 bridgehead atoms. The molecule has 0 saturated carbocycles. The van der Waals surface area contributed by atoms with E-state index in [9.17, 15) is 4.79 Å². The van der Waals surface area contributed by atoms with Gasteiger partial charge >= 0.3 is 6.09 Å². The van der Waals surface area contributed by atoms with Crippen molar-refractivity contribution < 1.29 is 19.0 Å². The highest BCUT2D eigenvalue weighted by Gasteiger charge is 1.98. The van der Waals surface area contributed by atoms with Crippen molar-refractivity contribution >= 4 is 6.09 Å². The summed E-state index contributed by atoms with van der Waals surface area (Å²) in [5.74, 6) is 0.660. The van der Waals surface area contributed by atoms with Gasteiger partial charge in [-0.25, -0.2) is 4.79 Å². The molecule has 2 N–H and O–H groups in total. The Morgan fingerprint density at radius 2 is 1.68 bits per heavy atom. The molecule has 0 aromatic heterocycles. The molecule has 0 aliphatic carbocycles. The lowest BCUT2D eigenvalue weighted by Gasteiger charge is -2.08. The quantitative estimate of drug-likeness (QED) is 0.521. The highest BCUT2D eigenvalue weighted by atomic mass is 16.6. The second-order valence-electron chi connectivity index (χ2n) is 4.49. The van der Waals surface area contributed by atoms with Crippen molar-refractivity contribution in [1.82, 2.24) is 10.6 Å². The van der Waals surface area contributed by atoms with Crippen LogP contribution < -0.4 is 10.6 Å². The van der Waals surface area contributed by atoms with Crippen LogP contribution in [0.3, 0.4) is 0 Å². The van der Waals surface area contributed by atoms with Gasteiger partial charge in [-0.2, -0.15) is 0 Å². The van der Waals surface area contributed by atoms with Crippen molar-refractivity contribution in [2.24, 2.45) is 5.92 Å². The van der Waals surface area contributed by atoms with Gasteiger partial charge in [-0.3, -0.25) is 0 Å². The summed E-state index contributed by atoms with van der Waals surface area (Å²) in [6.07, 6.45) is -0.404. The molecule has 19 heavy (non-hydrogen) atoms. The normalized spacial score (nSPS) is 10.7. The summed E-state index contributed by atoms with van der Waals surface area (Å²) in [6, 6.07) is 0. The molecular weight excluding hydrogens is 248 g/mol. The Labute approximate surface area is 116 Å². The van der Waals surface area contributed by atoms with Gasteiger partial charge in [0.2, 0.25) is 0 Å². The first-order valence-electron chi connectivity index (χ1n) is 6.93. The van der Waals surface area contributed by atoms with Gasteiger partial charge in [0.1, 0.15) is 6.61 Å². The third kappa shape index (κ3) is 15.1. The Kier molecular flexibility index (Phi) is 13.0. The number of ether oxygens (including phenoxy) is 3. The van der Waals surface area contributed by atoms with Crippen LogP contribution in [0.5, 0.6) is 0 Å². The summed E-state index contributed by atoms with van der Waals surface area (Å²) in [4.78, 5) is 10.9. The highest BCUT2D eigenvalue weighted by molar-refractivity contribution is 5.66. The second-order valence-corrected chi connectivity index (χ2v) is 4.49. The van der Waals surface area contributed by atoms with Crippen LogP contribution in [0.4, 0.5) is 4.79 Å². The third-order valence-electron chi connectivity index (χ3n) is 2.13. The largest absolute Gasteiger partial charge is 0.447 e. The number of rotatable bonds is 12. The fraction of sp³-hybridized carbons (Fsp3) is 0.923. The predicted molar refractivity (Wildman–Crippen MR) is 74.4 cm³/mol. The van der Waals surface area contributed by atoms with Crippen LogP contribution in [-0.4, -0.2) is 58.8 Å². The van der Waals surface area contributed by atoms with E-state index in [4.69, 9.17) is 14.2 Å². The van der Waals surface area contributed by atoms with Crippen molar-refractivity contribution in [3.63, 3.8) is 0 Å². The van der Waals surface area contributed by atoms with Gasteiger partial charge in [0.05, 0.1) is 26.4 Å². The monoisotopic (exact) mass is 276 g/mol.